The first-order valence-corrected chi connectivity index (χ1v) is 9.94. The van der Waals surface area contributed by atoms with E-state index in [0.717, 1.165) is 4.68 Å². The number of hydrogen-bond donors (Lipinski definition) is 1. The van der Waals surface area contributed by atoms with Crippen molar-refractivity contribution in [3.05, 3.63) is 63.6 Å². The van der Waals surface area contributed by atoms with E-state index in [4.69, 9.17) is 25.6 Å². The Kier molecular flexibility index (Phi) is 5.83. The Morgan fingerprint density at radius 3 is 2.59 bits per heavy atom. The molecular formula is C22H19ClN4O5. The van der Waals surface area contributed by atoms with Crippen LogP contribution < -0.4 is 20.3 Å². The lowest BCUT2D eigenvalue weighted by molar-refractivity contribution is -0.117. The second-order valence-corrected chi connectivity index (χ2v) is 7.33. The first kappa shape index (κ1) is 21.4. The maximum Gasteiger partial charge on any atom is 0.297 e. The van der Waals surface area contributed by atoms with Gasteiger partial charge in [0.2, 0.25) is 5.91 Å². The number of carbonyl (C=O) groups is 1. The lowest BCUT2D eigenvalue weighted by Gasteiger charge is -2.12. The summed E-state index contributed by atoms with van der Waals surface area (Å²) in [5.41, 5.74) is 1.12. The minimum absolute atomic E-state index is 0.0939. The van der Waals surface area contributed by atoms with Crippen LogP contribution in [0.25, 0.3) is 22.2 Å². The maximum absolute atomic E-state index is 12.9. The van der Waals surface area contributed by atoms with Crippen molar-refractivity contribution in [2.75, 3.05) is 19.5 Å². The average molecular weight is 455 g/mol. The number of amides is 1. The van der Waals surface area contributed by atoms with E-state index in [1.54, 1.807) is 56.5 Å². The van der Waals surface area contributed by atoms with Gasteiger partial charge in [0.05, 0.1) is 25.3 Å². The third-order valence-corrected chi connectivity index (χ3v) is 5.08. The number of hydrogen-bond acceptors (Lipinski definition) is 7. The summed E-state index contributed by atoms with van der Waals surface area (Å²) in [6.07, 6.45) is 0. The Labute approximate surface area is 187 Å². The summed E-state index contributed by atoms with van der Waals surface area (Å²) in [6.45, 7) is 1.35. The highest BCUT2D eigenvalue weighted by Gasteiger charge is 2.20. The van der Waals surface area contributed by atoms with Crippen molar-refractivity contribution in [3.8, 4) is 22.8 Å². The molecule has 1 N–H and O–H groups in total. The predicted octanol–water partition coefficient (Wildman–Crippen LogP) is 3.67. The molecule has 32 heavy (non-hydrogen) atoms. The highest BCUT2D eigenvalue weighted by molar-refractivity contribution is 6.31. The van der Waals surface area contributed by atoms with Crippen LogP contribution in [-0.2, 0) is 11.3 Å². The molecule has 0 saturated carbocycles. The molecule has 4 rings (SSSR count). The van der Waals surface area contributed by atoms with Gasteiger partial charge in [-0.25, -0.2) is 4.68 Å². The van der Waals surface area contributed by atoms with Crippen LogP contribution in [0.5, 0.6) is 11.5 Å². The van der Waals surface area contributed by atoms with Crippen molar-refractivity contribution in [2.24, 2.45) is 0 Å². The molecule has 0 unspecified atom stereocenters. The minimum Gasteiger partial charge on any atom is -0.497 e. The zero-order valence-corrected chi connectivity index (χ0v) is 18.3. The van der Waals surface area contributed by atoms with Gasteiger partial charge >= 0.3 is 0 Å². The Morgan fingerprint density at radius 2 is 1.91 bits per heavy atom. The maximum atomic E-state index is 12.9. The molecule has 0 atom stereocenters. The number of benzene rings is 2. The molecule has 0 saturated heterocycles. The zero-order chi connectivity index (χ0) is 22.8. The fraction of sp³-hybridized carbons (Fsp3) is 0.182. The Balaban J connectivity index is 1.73. The van der Waals surface area contributed by atoms with Crippen molar-refractivity contribution in [3.63, 3.8) is 0 Å². The molecule has 164 valence electrons. The third-order valence-electron chi connectivity index (χ3n) is 4.85. The molecule has 10 heteroatoms. The zero-order valence-electron chi connectivity index (χ0n) is 17.5. The van der Waals surface area contributed by atoms with Gasteiger partial charge in [-0.15, -0.1) is 0 Å². The second kappa shape index (κ2) is 8.72. The van der Waals surface area contributed by atoms with Gasteiger partial charge in [0.15, 0.2) is 5.52 Å². The second-order valence-electron chi connectivity index (χ2n) is 6.90. The lowest BCUT2D eigenvalue weighted by atomic mass is 10.1. The van der Waals surface area contributed by atoms with Gasteiger partial charge in [-0.3, -0.25) is 9.59 Å². The molecule has 2 heterocycles. The summed E-state index contributed by atoms with van der Waals surface area (Å²) in [5, 5.41) is 12.0. The van der Waals surface area contributed by atoms with Crippen molar-refractivity contribution in [1.29, 1.82) is 0 Å². The Morgan fingerprint density at radius 1 is 1.16 bits per heavy atom. The van der Waals surface area contributed by atoms with Crippen molar-refractivity contribution in [1.82, 2.24) is 14.9 Å². The largest absolute Gasteiger partial charge is 0.497 e. The van der Waals surface area contributed by atoms with Gasteiger partial charge in [-0.1, -0.05) is 16.8 Å². The van der Waals surface area contributed by atoms with Crippen LogP contribution >= 0.6 is 11.6 Å². The van der Waals surface area contributed by atoms with Crippen LogP contribution in [0.15, 0.2) is 51.8 Å². The number of aromatic nitrogens is 3. The molecule has 4 aromatic rings. The number of anilines is 1. The number of nitrogens with zero attached hydrogens (tertiary/aromatic N) is 3. The molecule has 0 spiro atoms. The highest BCUT2D eigenvalue weighted by Crippen LogP contribution is 2.29. The number of ether oxygens (including phenoxy) is 2. The van der Waals surface area contributed by atoms with E-state index in [0.29, 0.717) is 44.6 Å². The van der Waals surface area contributed by atoms with E-state index in [-0.39, 0.29) is 12.1 Å². The number of aryl methyl sites for hydroxylation is 1. The molecule has 9 nitrogen and oxygen atoms in total. The van der Waals surface area contributed by atoms with Crippen LogP contribution in [0.1, 0.15) is 5.76 Å². The van der Waals surface area contributed by atoms with E-state index in [2.05, 4.69) is 15.6 Å². The third kappa shape index (κ3) is 4.02. The van der Waals surface area contributed by atoms with Gasteiger partial charge in [-0.05, 0) is 49.4 Å². The fourth-order valence-corrected chi connectivity index (χ4v) is 3.47. The number of carbonyl (C=O) groups excluding carboxylic acids is 1. The van der Waals surface area contributed by atoms with Gasteiger partial charge in [0.1, 0.15) is 29.5 Å². The van der Waals surface area contributed by atoms with E-state index in [1.807, 2.05) is 0 Å². The van der Waals surface area contributed by atoms with Crippen LogP contribution in [0.4, 0.5) is 5.69 Å². The summed E-state index contributed by atoms with van der Waals surface area (Å²) in [6, 6.07) is 12.0. The summed E-state index contributed by atoms with van der Waals surface area (Å²) < 4.78 is 16.7. The lowest BCUT2D eigenvalue weighted by Crippen LogP contribution is -2.30. The first-order valence-electron chi connectivity index (χ1n) is 9.56. The molecule has 0 bridgehead atoms. The van der Waals surface area contributed by atoms with E-state index < -0.39 is 11.5 Å². The standard InChI is InChI=1S/C22H19ClN4O5/c1-12-19-20(13-4-7-15(30-2)8-5-13)25-27(22(29)21(19)26-32-12)11-18(28)24-16-10-14(23)6-9-17(16)31-3/h4-10H,11H2,1-3H3,(H,24,28). The number of halogens is 1. The Hall–Kier alpha value is -3.85. The smallest absolute Gasteiger partial charge is 0.297 e. The molecule has 1 amide bonds. The van der Waals surface area contributed by atoms with Crippen molar-refractivity contribution < 1.29 is 18.8 Å². The molecule has 2 aromatic carbocycles. The number of methoxy groups -OCH3 is 2. The first-order chi connectivity index (χ1) is 15.4. The summed E-state index contributed by atoms with van der Waals surface area (Å²) in [5.74, 6) is 1.08. The van der Waals surface area contributed by atoms with Crippen molar-refractivity contribution >= 4 is 34.1 Å². The fourth-order valence-electron chi connectivity index (χ4n) is 3.30. The minimum atomic E-state index is -0.540. The summed E-state index contributed by atoms with van der Waals surface area (Å²) in [4.78, 5) is 25.6. The SMILES string of the molecule is COc1ccc(-c2nn(CC(=O)Nc3cc(Cl)ccc3OC)c(=O)c3noc(C)c23)cc1. The quantitative estimate of drug-likeness (QED) is 0.473. The topological polar surface area (TPSA) is 108 Å². The number of rotatable bonds is 6. The van der Waals surface area contributed by atoms with Gasteiger partial charge < -0.3 is 19.3 Å². The van der Waals surface area contributed by atoms with E-state index in [9.17, 15) is 9.59 Å². The highest BCUT2D eigenvalue weighted by atomic mass is 35.5. The van der Waals surface area contributed by atoms with E-state index in [1.165, 1.54) is 7.11 Å². The van der Waals surface area contributed by atoms with Gasteiger partial charge in [-0.2, -0.15) is 5.10 Å². The Bertz CT molecular complexity index is 1360. The van der Waals surface area contributed by atoms with Gasteiger partial charge in [0.25, 0.3) is 5.56 Å². The molecule has 0 fully saturated rings. The van der Waals surface area contributed by atoms with Crippen LogP contribution in [0.2, 0.25) is 5.02 Å². The monoisotopic (exact) mass is 454 g/mol. The van der Waals surface area contributed by atoms with Crippen LogP contribution in [0, 0.1) is 6.92 Å². The van der Waals surface area contributed by atoms with Crippen LogP contribution in [0.3, 0.4) is 0 Å². The summed E-state index contributed by atoms with van der Waals surface area (Å²) >= 11 is 6.02. The molecule has 0 aliphatic rings. The average Bonchev–Trinajstić information content (AvgIpc) is 3.18. The van der Waals surface area contributed by atoms with Crippen LogP contribution in [-0.4, -0.2) is 35.1 Å². The molecular weight excluding hydrogens is 436 g/mol. The normalized spacial score (nSPS) is 10.9. The molecule has 0 aliphatic heterocycles. The number of fused-ring (bicyclic) bond motifs is 1. The van der Waals surface area contributed by atoms with Gasteiger partial charge in [0, 0.05) is 10.6 Å². The number of nitrogens with one attached hydrogen (secondary N) is 1. The molecule has 0 radical (unpaired) electrons. The van der Waals surface area contributed by atoms with E-state index >= 15 is 0 Å². The summed E-state index contributed by atoms with van der Waals surface area (Å²) in [7, 11) is 3.05. The van der Waals surface area contributed by atoms with Crippen molar-refractivity contribution in [2.45, 2.75) is 13.5 Å². The molecule has 2 aromatic heterocycles. The predicted molar refractivity (Wildman–Crippen MR) is 119 cm³/mol. The molecule has 0 aliphatic carbocycles.